The third kappa shape index (κ3) is 8.76. The summed E-state index contributed by atoms with van der Waals surface area (Å²) in [6, 6.07) is 13.1. The Morgan fingerprint density at radius 3 is 1.62 bits per heavy atom. The fourth-order valence-corrected chi connectivity index (χ4v) is 6.34. The molecule has 11 nitrogen and oxygen atoms in total. The van der Waals surface area contributed by atoms with Gasteiger partial charge in [-0.25, -0.2) is 9.59 Å². The van der Waals surface area contributed by atoms with Crippen molar-refractivity contribution in [2.24, 2.45) is 0 Å². The molecule has 11 heteroatoms. The van der Waals surface area contributed by atoms with E-state index in [0.717, 1.165) is 21.9 Å². The van der Waals surface area contributed by atoms with E-state index in [1.807, 2.05) is 52.0 Å². The van der Waals surface area contributed by atoms with Gasteiger partial charge < -0.3 is 42.1 Å². The summed E-state index contributed by atoms with van der Waals surface area (Å²) in [4.78, 5) is 23.6. The molecule has 0 aliphatic rings. The van der Waals surface area contributed by atoms with Crippen molar-refractivity contribution in [3.63, 3.8) is 0 Å². The van der Waals surface area contributed by atoms with E-state index in [1.54, 1.807) is 50.6 Å². The molecule has 0 fully saturated rings. The Balaban J connectivity index is 1.02. The van der Waals surface area contributed by atoms with Gasteiger partial charge in [-0.05, 0) is 104 Å². The molecule has 4 heterocycles. The smallest absolute Gasteiger partial charge is 0.336 e. The predicted molar refractivity (Wildman–Crippen MR) is 203 cm³/mol. The van der Waals surface area contributed by atoms with E-state index in [0.29, 0.717) is 70.3 Å². The van der Waals surface area contributed by atoms with E-state index in [9.17, 15) is 19.8 Å². The van der Waals surface area contributed by atoms with Crippen LogP contribution in [0.2, 0.25) is 0 Å². The fourth-order valence-electron chi connectivity index (χ4n) is 6.34. The van der Waals surface area contributed by atoms with Crippen molar-refractivity contribution in [3.8, 4) is 11.5 Å². The van der Waals surface area contributed by atoms with Crippen LogP contribution in [-0.2, 0) is 4.74 Å². The molecular formula is C42H46O11. The minimum absolute atomic E-state index is 0.271. The first kappa shape index (κ1) is 37.7. The number of hydrogen-bond acceptors (Lipinski definition) is 11. The van der Waals surface area contributed by atoms with Crippen LogP contribution in [0.15, 0.2) is 112 Å². The highest BCUT2D eigenvalue weighted by Gasteiger charge is 2.37. The first-order valence-electron chi connectivity index (χ1n) is 17.7. The van der Waals surface area contributed by atoms with Crippen molar-refractivity contribution in [2.75, 3.05) is 13.2 Å². The van der Waals surface area contributed by atoms with Crippen LogP contribution >= 0.6 is 0 Å². The van der Waals surface area contributed by atoms with Crippen molar-refractivity contribution < 1.29 is 42.1 Å². The van der Waals surface area contributed by atoms with E-state index in [2.05, 4.69) is 0 Å². The monoisotopic (exact) mass is 726 g/mol. The van der Waals surface area contributed by atoms with Crippen LogP contribution in [0.5, 0.6) is 11.5 Å². The number of rotatable bonds is 16. The Morgan fingerprint density at radius 1 is 0.698 bits per heavy atom. The highest BCUT2D eigenvalue weighted by Crippen LogP contribution is 2.37. The number of allylic oxidation sites excluding steroid dienone is 2. The van der Waals surface area contributed by atoms with Gasteiger partial charge in [-0.3, -0.25) is 0 Å². The normalized spacial score (nSPS) is 14.4. The van der Waals surface area contributed by atoms with Crippen molar-refractivity contribution in [3.05, 3.63) is 105 Å². The summed E-state index contributed by atoms with van der Waals surface area (Å²) in [7, 11) is 0. The molecule has 0 aliphatic heterocycles. The molecule has 280 valence electrons. The molecule has 6 aromatic rings. The van der Waals surface area contributed by atoms with Crippen LogP contribution in [0.25, 0.3) is 43.9 Å². The van der Waals surface area contributed by atoms with Gasteiger partial charge in [-0.1, -0.05) is 11.1 Å². The van der Waals surface area contributed by atoms with Gasteiger partial charge in [0, 0.05) is 24.3 Å². The van der Waals surface area contributed by atoms with Gasteiger partial charge in [0.05, 0.1) is 57.5 Å². The highest BCUT2D eigenvalue weighted by molar-refractivity contribution is 6.02. The van der Waals surface area contributed by atoms with Gasteiger partial charge in [0.15, 0.2) is 0 Å². The molecule has 4 aromatic heterocycles. The number of ether oxygens (including phenoxy) is 3. The van der Waals surface area contributed by atoms with Crippen LogP contribution < -0.4 is 20.7 Å². The van der Waals surface area contributed by atoms with E-state index in [4.69, 9.17) is 31.9 Å². The van der Waals surface area contributed by atoms with E-state index in [1.165, 1.54) is 12.1 Å². The van der Waals surface area contributed by atoms with Gasteiger partial charge in [0.2, 0.25) is 0 Å². The van der Waals surface area contributed by atoms with Crippen molar-refractivity contribution in [1.29, 1.82) is 0 Å². The SMILES string of the molecule is C/C(=C\COc1c2ccoc2cc2oc(=O)ccc12)CCC(OC(C)(C)[C@H](O)CC/C(C)=C/COc1c2ccoc2cc2oc(=O)ccc12)C(C)(C)O. The molecule has 0 radical (unpaired) electrons. The Hall–Kier alpha value is -5.10. The molecule has 53 heavy (non-hydrogen) atoms. The molecular weight excluding hydrogens is 680 g/mol. The summed E-state index contributed by atoms with van der Waals surface area (Å²) in [6.07, 6.45) is 7.89. The summed E-state index contributed by atoms with van der Waals surface area (Å²) in [5.41, 5.74) is 0.952. The van der Waals surface area contributed by atoms with Crippen molar-refractivity contribution in [1.82, 2.24) is 0 Å². The quantitative estimate of drug-likeness (QED) is 0.0728. The average Bonchev–Trinajstić information content (AvgIpc) is 3.77. The largest absolute Gasteiger partial charge is 0.488 e. The van der Waals surface area contributed by atoms with Crippen LogP contribution in [-0.4, -0.2) is 46.8 Å². The third-order valence-corrected chi connectivity index (χ3v) is 9.59. The lowest BCUT2D eigenvalue weighted by atomic mass is 9.91. The summed E-state index contributed by atoms with van der Waals surface area (Å²) < 4.78 is 40.5. The molecule has 0 amide bonds. The Morgan fingerprint density at radius 2 is 1.15 bits per heavy atom. The molecule has 2 aromatic carbocycles. The lowest BCUT2D eigenvalue weighted by Gasteiger charge is -2.39. The van der Waals surface area contributed by atoms with Gasteiger partial charge in [-0.15, -0.1) is 0 Å². The first-order valence-corrected chi connectivity index (χ1v) is 17.7. The van der Waals surface area contributed by atoms with Crippen LogP contribution in [0.1, 0.15) is 67.2 Å². The molecule has 6 rings (SSSR count). The van der Waals surface area contributed by atoms with Crippen LogP contribution in [0.4, 0.5) is 0 Å². The zero-order chi connectivity index (χ0) is 37.9. The number of aliphatic hydroxyl groups excluding tert-OH is 1. The third-order valence-electron chi connectivity index (χ3n) is 9.59. The average molecular weight is 727 g/mol. The van der Waals surface area contributed by atoms with Gasteiger partial charge in [-0.2, -0.15) is 0 Å². The highest BCUT2D eigenvalue weighted by atomic mass is 16.5. The van der Waals surface area contributed by atoms with Crippen LogP contribution in [0.3, 0.4) is 0 Å². The summed E-state index contributed by atoms with van der Waals surface area (Å²) in [5.74, 6) is 1.14. The number of aliphatic hydroxyl groups is 2. The fraction of sp³-hybridized carbons (Fsp3) is 0.381. The number of furan rings is 2. The van der Waals surface area contributed by atoms with E-state index >= 15 is 0 Å². The van der Waals surface area contributed by atoms with Crippen molar-refractivity contribution >= 4 is 43.9 Å². The molecule has 0 bridgehead atoms. The zero-order valence-corrected chi connectivity index (χ0v) is 30.9. The second-order valence-corrected chi connectivity index (χ2v) is 14.6. The van der Waals surface area contributed by atoms with Gasteiger partial charge in [0.25, 0.3) is 0 Å². The first-order chi connectivity index (χ1) is 25.2. The molecule has 0 aliphatic carbocycles. The second kappa shape index (κ2) is 15.5. The predicted octanol–water partition coefficient (Wildman–Crippen LogP) is 8.60. The molecule has 2 atom stereocenters. The Labute approximate surface area is 306 Å². The lowest BCUT2D eigenvalue weighted by molar-refractivity contribution is -0.188. The minimum atomic E-state index is -1.16. The molecule has 2 N–H and O–H groups in total. The standard InChI is InChI=1S/C42H46O11/c1-25(15-19-49-39-27-9-13-37(44)51-33(27)23-31-29(39)17-21-47-31)7-11-35(43)42(5,6)53-36(41(3,4)46)12-8-26(2)16-20-50-40-28-10-14-38(45)52-34(28)24-32-30(40)18-22-48-32/h9-10,13-18,21-24,35-36,43,46H,7-8,11-12,19-20H2,1-6H3/b25-15+,26-16+/t35-,36?/m1/s1. The zero-order valence-electron chi connectivity index (χ0n) is 30.9. The molecule has 0 saturated heterocycles. The molecule has 1 unspecified atom stereocenters. The lowest BCUT2D eigenvalue weighted by Crippen LogP contribution is -2.48. The Kier molecular flexibility index (Phi) is 11.0. The maximum Gasteiger partial charge on any atom is 0.336 e. The van der Waals surface area contributed by atoms with Gasteiger partial charge in [0.1, 0.15) is 47.0 Å². The maximum absolute atomic E-state index is 11.8. The van der Waals surface area contributed by atoms with Crippen molar-refractivity contribution in [2.45, 2.75) is 90.6 Å². The van der Waals surface area contributed by atoms with Gasteiger partial charge >= 0.3 is 11.3 Å². The molecule has 0 spiro atoms. The number of fused-ring (bicyclic) bond motifs is 4. The van der Waals surface area contributed by atoms with E-state index in [-0.39, 0.29) is 13.2 Å². The second-order valence-electron chi connectivity index (χ2n) is 14.6. The Bertz CT molecular complexity index is 2390. The molecule has 0 saturated carbocycles. The van der Waals surface area contributed by atoms with Crippen LogP contribution in [0, 0.1) is 0 Å². The minimum Gasteiger partial charge on any atom is -0.488 e. The summed E-state index contributed by atoms with van der Waals surface area (Å²) >= 11 is 0. The maximum atomic E-state index is 11.8. The van der Waals surface area contributed by atoms with E-state index < -0.39 is 34.7 Å². The summed E-state index contributed by atoms with van der Waals surface area (Å²) in [5, 5.41) is 25.2. The number of hydrogen-bond donors (Lipinski definition) is 2. The number of benzene rings is 2. The topological polar surface area (TPSA) is 155 Å². The summed E-state index contributed by atoms with van der Waals surface area (Å²) in [6.45, 7) is 11.6.